The molecule has 1 unspecified atom stereocenters. The van der Waals surface area contributed by atoms with E-state index in [1.165, 1.54) is 5.39 Å². The number of aromatic nitrogens is 2. The highest BCUT2D eigenvalue weighted by Crippen LogP contribution is 2.38. The van der Waals surface area contributed by atoms with Crippen LogP contribution in [0.25, 0.3) is 10.9 Å². The van der Waals surface area contributed by atoms with Gasteiger partial charge in [-0.05, 0) is 44.7 Å². The highest BCUT2D eigenvalue weighted by Gasteiger charge is 2.47. The first-order chi connectivity index (χ1) is 15.1. The van der Waals surface area contributed by atoms with Crippen LogP contribution in [0.3, 0.4) is 0 Å². The fourth-order valence-electron chi connectivity index (χ4n) is 5.74. The van der Waals surface area contributed by atoms with E-state index in [0.29, 0.717) is 12.6 Å². The van der Waals surface area contributed by atoms with Crippen LogP contribution in [0.1, 0.15) is 45.4 Å². The van der Waals surface area contributed by atoms with Crippen molar-refractivity contribution in [2.75, 3.05) is 37.6 Å². The zero-order valence-corrected chi connectivity index (χ0v) is 18.4. The molecule has 3 fully saturated rings. The minimum Gasteiger partial charge on any atom is -0.352 e. The molecule has 2 aliphatic heterocycles. The Hall–Kier alpha value is -2.41. The van der Waals surface area contributed by atoms with Crippen LogP contribution in [0.2, 0.25) is 0 Å². The van der Waals surface area contributed by atoms with E-state index >= 15 is 0 Å². The van der Waals surface area contributed by atoms with Crippen molar-refractivity contribution in [3.63, 3.8) is 0 Å². The zero-order chi connectivity index (χ0) is 21.4. The summed E-state index contributed by atoms with van der Waals surface area (Å²) in [6, 6.07) is 8.73. The number of amides is 2. The molecular formula is C24H33N5O2. The van der Waals surface area contributed by atoms with Gasteiger partial charge in [0.15, 0.2) is 5.82 Å². The molecule has 7 nitrogen and oxygen atoms in total. The minimum atomic E-state index is -0.0233. The molecule has 3 atom stereocenters. The number of carbonyl (C=O) groups excluding carboxylic acids is 2. The van der Waals surface area contributed by atoms with Crippen LogP contribution in [-0.2, 0) is 9.59 Å². The van der Waals surface area contributed by atoms with Gasteiger partial charge >= 0.3 is 0 Å². The SMILES string of the molecule is CC(CCCN1C(=O)[C@H]2CCCC[C@H]2C1=O)N1CCN(c2n[nH]c3ccccc23)CC1. The Labute approximate surface area is 183 Å². The fraction of sp³-hybridized carbons (Fsp3) is 0.625. The van der Waals surface area contributed by atoms with Gasteiger partial charge in [0.1, 0.15) is 0 Å². The number of nitrogens with one attached hydrogen (secondary N) is 1. The third-order valence-corrected chi connectivity index (χ3v) is 7.62. The van der Waals surface area contributed by atoms with Crippen molar-refractivity contribution in [2.45, 2.75) is 51.5 Å². The molecule has 0 bridgehead atoms. The predicted molar refractivity (Wildman–Crippen MR) is 121 cm³/mol. The average Bonchev–Trinajstić information content (AvgIpc) is 3.34. The van der Waals surface area contributed by atoms with Crippen LogP contribution in [-0.4, -0.2) is 70.6 Å². The summed E-state index contributed by atoms with van der Waals surface area (Å²) in [5.74, 6) is 1.20. The standard InChI is InChI=1S/C24H33N5O2/c1-17(7-6-12-29-23(30)18-8-2-3-9-19(18)24(29)31)27-13-15-28(16-14-27)22-20-10-4-5-11-21(20)25-26-22/h4-5,10-11,17-19H,2-3,6-9,12-16H2,1H3,(H,25,26)/t17?,18-,19+. The van der Waals surface area contributed by atoms with Crippen LogP contribution in [0, 0.1) is 11.8 Å². The number of aromatic amines is 1. The van der Waals surface area contributed by atoms with E-state index < -0.39 is 0 Å². The first kappa shape index (κ1) is 20.5. The van der Waals surface area contributed by atoms with Crippen molar-refractivity contribution in [3.8, 4) is 0 Å². The summed E-state index contributed by atoms with van der Waals surface area (Å²) in [7, 11) is 0. The monoisotopic (exact) mass is 423 g/mol. The summed E-state index contributed by atoms with van der Waals surface area (Å²) in [6.07, 6.45) is 5.88. The number of imide groups is 1. The van der Waals surface area contributed by atoms with Crippen LogP contribution < -0.4 is 4.90 Å². The van der Waals surface area contributed by atoms with Crippen molar-refractivity contribution in [2.24, 2.45) is 11.8 Å². The van der Waals surface area contributed by atoms with Gasteiger partial charge in [0, 0.05) is 44.2 Å². The van der Waals surface area contributed by atoms with E-state index in [4.69, 9.17) is 0 Å². The van der Waals surface area contributed by atoms with Crippen LogP contribution >= 0.6 is 0 Å². The summed E-state index contributed by atoms with van der Waals surface area (Å²) >= 11 is 0. The molecule has 5 rings (SSSR count). The molecule has 1 aromatic heterocycles. The molecule has 3 aliphatic rings. The predicted octanol–water partition coefficient (Wildman–Crippen LogP) is 3.03. The zero-order valence-electron chi connectivity index (χ0n) is 18.4. The van der Waals surface area contributed by atoms with Gasteiger partial charge in [-0.1, -0.05) is 25.0 Å². The lowest BCUT2D eigenvalue weighted by Crippen LogP contribution is -2.50. The maximum absolute atomic E-state index is 12.7. The second kappa shape index (κ2) is 8.61. The van der Waals surface area contributed by atoms with Gasteiger partial charge in [-0.15, -0.1) is 0 Å². The number of para-hydroxylation sites is 1. The number of hydrogen-bond acceptors (Lipinski definition) is 5. The molecule has 0 radical (unpaired) electrons. The number of piperazine rings is 1. The normalized spacial score (nSPS) is 26.0. The van der Waals surface area contributed by atoms with Gasteiger partial charge in [0.25, 0.3) is 0 Å². The highest BCUT2D eigenvalue weighted by molar-refractivity contribution is 6.05. The number of H-pyrrole nitrogens is 1. The summed E-state index contributed by atoms with van der Waals surface area (Å²) < 4.78 is 0. The molecule has 1 aliphatic carbocycles. The molecule has 1 N–H and O–H groups in total. The lowest BCUT2D eigenvalue weighted by molar-refractivity contribution is -0.140. The molecule has 2 amide bonds. The third kappa shape index (κ3) is 3.84. The van der Waals surface area contributed by atoms with Crippen molar-refractivity contribution < 1.29 is 9.59 Å². The summed E-state index contributed by atoms with van der Waals surface area (Å²) in [5.41, 5.74) is 1.08. The quantitative estimate of drug-likeness (QED) is 0.723. The van der Waals surface area contributed by atoms with E-state index in [0.717, 1.165) is 76.0 Å². The number of fused-ring (bicyclic) bond motifs is 2. The minimum absolute atomic E-state index is 0.0233. The van der Waals surface area contributed by atoms with Gasteiger partial charge < -0.3 is 4.90 Å². The van der Waals surface area contributed by atoms with Crippen LogP contribution in [0.4, 0.5) is 5.82 Å². The Morgan fingerprint density at radius 2 is 1.71 bits per heavy atom. The van der Waals surface area contributed by atoms with Gasteiger partial charge in [-0.25, -0.2) is 0 Å². The van der Waals surface area contributed by atoms with Crippen molar-refractivity contribution >= 4 is 28.5 Å². The molecule has 2 aromatic rings. The first-order valence-corrected chi connectivity index (χ1v) is 11.9. The largest absolute Gasteiger partial charge is 0.352 e. The number of likely N-dealkylation sites (tertiary alicyclic amines) is 1. The summed E-state index contributed by atoms with van der Waals surface area (Å²) in [6.45, 7) is 6.81. The molecule has 2 saturated heterocycles. The van der Waals surface area contributed by atoms with Crippen LogP contribution in [0.15, 0.2) is 24.3 Å². The lowest BCUT2D eigenvalue weighted by Gasteiger charge is -2.38. The van der Waals surface area contributed by atoms with E-state index in [2.05, 4.69) is 45.1 Å². The number of benzene rings is 1. The molecular weight excluding hydrogens is 390 g/mol. The third-order valence-electron chi connectivity index (χ3n) is 7.62. The van der Waals surface area contributed by atoms with E-state index in [-0.39, 0.29) is 23.7 Å². The molecule has 166 valence electrons. The van der Waals surface area contributed by atoms with E-state index in [1.54, 1.807) is 4.90 Å². The molecule has 3 heterocycles. The Bertz CT molecular complexity index is 924. The smallest absolute Gasteiger partial charge is 0.233 e. The van der Waals surface area contributed by atoms with E-state index in [9.17, 15) is 9.59 Å². The number of anilines is 1. The number of hydrogen-bond donors (Lipinski definition) is 1. The Balaban J connectivity index is 1.10. The lowest BCUT2D eigenvalue weighted by atomic mass is 9.81. The molecule has 1 saturated carbocycles. The second-order valence-electron chi connectivity index (χ2n) is 9.43. The fourth-order valence-corrected chi connectivity index (χ4v) is 5.74. The van der Waals surface area contributed by atoms with Crippen molar-refractivity contribution in [1.82, 2.24) is 20.0 Å². The Kier molecular flexibility index (Phi) is 5.69. The van der Waals surface area contributed by atoms with Gasteiger partial charge in [-0.3, -0.25) is 24.5 Å². The Morgan fingerprint density at radius 3 is 2.42 bits per heavy atom. The number of nitrogens with zero attached hydrogens (tertiary/aromatic N) is 4. The van der Waals surface area contributed by atoms with Crippen LogP contribution in [0.5, 0.6) is 0 Å². The maximum atomic E-state index is 12.7. The summed E-state index contributed by atoms with van der Waals surface area (Å²) in [4.78, 5) is 31.8. The highest BCUT2D eigenvalue weighted by atomic mass is 16.2. The van der Waals surface area contributed by atoms with Gasteiger partial charge in [-0.2, -0.15) is 5.10 Å². The second-order valence-corrected chi connectivity index (χ2v) is 9.43. The topological polar surface area (TPSA) is 72.5 Å². The Morgan fingerprint density at radius 1 is 1.03 bits per heavy atom. The molecule has 7 heteroatoms. The van der Waals surface area contributed by atoms with Gasteiger partial charge in [0.05, 0.1) is 17.4 Å². The van der Waals surface area contributed by atoms with Gasteiger partial charge in [0.2, 0.25) is 11.8 Å². The molecule has 31 heavy (non-hydrogen) atoms. The summed E-state index contributed by atoms with van der Waals surface area (Å²) in [5, 5.41) is 8.86. The first-order valence-electron chi connectivity index (χ1n) is 11.9. The molecule has 1 aromatic carbocycles. The van der Waals surface area contributed by atoms with E-state index in [1.807, 2.05) is 6.07 Å². The average molecular weight is 424 g/mol. The molecule has 0 spiro atoms. The number of rotatable bonds is 6. The van der Waals surface area contributed by atoms with Crippen molar-refractivity contribution in [1.29, 1.82) is 0 Å². The number of carbonyl (C=O) groups is 2. The van der Waals surface area contributed by atoms with Crippen molar-refractivity contribution in [3.05, 3.63) is 24.3 Å². The maximum Gasteiger partial charge on any atom is 0.233 e.